The fraction of sp³-hybridized carbons (Fsp3) is 0.630. The second-order valence-corrected chi connectivity index (χ2v) is 14.1. The number of esters is 1. The summed E-state index contributed by atoms with van der Waals surface area (Å²) in [5.74, 6) is -1.68. The summed E-state index contributed by atoms with van der Waals surface area (Å²) in [7, 11) is 0.277. The van der Waals surface area contributed by atoms with E-state index < -0.39 is 37.9 Å². The fourth-order valence-corrected chi connectivity index (χ4v) is 8.24. The molecule has 4 atom stereocenters. The van der Waals surface area contributed by atoms with Crippen LogP contribution >= 0.6 is 22.6 Å². The Morgan fingerprint density at radius 3 is 2.22 bits per heavy atom. The first-order valence-electron chi connectivity index (χ1n) is 12.2. The first-order valence-corrected chi connectivity index (χ1v) is 14.3. The number of carboxylic acid groups (broad SMARTS) is 1. The summed E-state index contributed by atoms with van der Waals surface area (Å²) >= 11 is 5.71. The summed E-state index contributed by atoms with van der Waals surface area (Å²) in [6, 6.07) is 11.2. The van der Waals surface area contributed by atoms with Gasteiger partial charge in [-0.3, -0.25) is 9.59 Å². The van der Waals surface area contributed by atoms with E-state index in [1.807, 2.05) is 38.9 Å². The zero-order chi connectivity index (χ0) is 27.8. The lowest BCUT2D eigenvalue weighted by Gasteiger charge is -2.52. The molecule has 0 aromatic heterocycles. The van der Waals surface area contributed by atoms with Gasteiger partial charge >= 0.3 is 11.9 Å². The highest BCUT2D eigenvalue weighted by Crippen LogP contribution is 2.68. The van der Waals surface area contributed by atoms with E-state index in [1.54, 1.807) is 45.0 Å². The van der Waals surface area contributed by atoms with Gasteiger partial charge in [0.05, 0.1) is 15.7 Å². The minimum Gasteiger partial charge on any atom is -0.481 e. The van der Waals surface area contributed by atoms with Gasteiger partial charge in [0.1, 0.15) is 11.4 Å². The number of rotatable bonds is 14. The second-order valence-electron chi connectivity index (χ2n) is 10.2. The minimum atomic E-state index is -3.42. The van der Waals surface area contributed by atoms with Crippen molar-refractivity contribution in [3.8, 4) is 6.07 Å². The van der Waals surface area contributed by atoms with Crippen molar-refractivity contribution in [2.45, 2.75) is 65.0 Å². The Balaban J connectivity index is 3.68. The molecule has 1 aromatic carbocycles. The Labute approximate surface area is 222 Å². The molecule has 0 radical (unpaired) electrons. The van der Waals surface area contributed by atoms with Crippen LogP contribution < -0.4 is 0 Å². The van der Waals surface area contributed by atoms with Gasteiger partial charge in [-0.05, 0) is 68.6 Å². The van der Waals surface area contributed by atoms with Gasteiger partial charge in [-0.25, -0.2) is 0 Å². The predicted octanol–water partition coefficient (Wildman–Crippen LogP) is 6.14. The number of hydrogen-bond acceptors (Lipinski definition) is 6. The fourth-order valence-electron chi connectivity index (χ4n) is 4.51. The Morgan fingerprint density at radius 2 is 1.78 bits per heavy atom. The number of ether oxygens (including phenoxy) is 1. The van der Waals surface area contributed by atoms with Crippen molar-refractivity contribution < 1.29 is 23.3 Å². The highest BCUT2D eigenvalue weighted by atomic mass is 32.3. The van der Waals surface area contributed by atoms with Crippen molar-refractivity contribution in [2.24, 2.45) is 10.8 Å². The molecule has 0 aliphatic rings. The molecule has 0 spiro atoms. The Morgan fingerprint density at radius 1 is 1.19 bits per heavy atom. The average Bonchev–Trinajstić information content (AvgIpc) is 2.85. The molecule has 0 aliphatic carbocycles. The smallest absolute Gasteiger partial charge is 0.323 e. The number of benzene rings is 1. The summed E-state index contributed by atoms with van der Waals surface area (Å²) in [5, 5.41) is 19.5. The molecule has 0 aliphatic heterocycles. The van der Waals surface area contributed by atoms with Gasteiger partial charge in [0.2, 0.25) is 0 Å². The summed E-state index contributed by atoms with van der Waals surface area (Å²) in [5.41, 5.74) is -1.46. The van der Waals surface area contributed by atoms with Crippen molar-refractivity contribution in [3.63, 3.8) is 0 Å². The molecule has 1 aromatic rings. The van der Waals surface area contributed by atoms with Crippen LogP contribution in [0, 0.1) is 22.2 Å². The highest BCUT2D eigenvalue weighted by molar-refractivity contribution is 8.48. The molecule has 36 heavy (non-hydrogen) atoms. The maximum Gasteiger partial charge on any atom is 0.323 e. The van der Waals surface area contributed by atoms with Crippen LogP contribution in [0.2, 0.25) is 0 Å². The monoisotopic (exact) mass is 540 g/mol. The van der Waals surface area contributed by atoms with E-state index in [1.165, 1.54) is 0 Å². The minimum absolute atomic E-state index is 0.00633. The SMILES string of the molecule is CCC(C)(CC(C)(C(=O)OCCN(C)C)S(F)(CC)C(=S)c1ccccc1)C(C)(C#N)CCC(=O)O. The van der Waals surface area contributed by atoms with Gasteiger partial charge in [0, 0.05) is 18.7 Å². The van der Waals surface area contributed by atoms with Gasteiger partial charge in [-0.15, -0.1) is 0 Å². The zero-order valence-electron chi connectivity index (χ0n) is 22.6. The van der Waals surface area contributed by atoms with Gasteiger partial charge in [0.15, 0.2) is 0 Å². The van der Waals surface area contributed by atoms with Crippen LogP contribution in [0.5, 0.6) is 0 Å². The first-order chi connectivity index (χ1) is 16.7. The first kappa shape index (κ1) is 32.0. The number of halogens is 1. The van der Waals surface area contributed by atoms with E-state index in [0.717, 1.165) is 0 Å². The van der Waals surface area contributed by atoms with E-state index >= 15 is 3.89 Å². The second kappa shape index (κ2) is 13.0. The Kier molecular flexibility index (Phi) is 11.5. The number of carbonyl (C=O) groups is 2. The van der Waals surface area contributed by atoms with E-state index in [0.29, 0.717) is 18.5 Å². The van der Waals surface area contributed by atoms with E-state index in [2.05, 4.69) is 6.07 Å². The maximum absolute atomic E-state index is 17.4. The lowest BCUT2D eigenvalue weighted by Crippen LogP contribution is -2.51. The van der Waals surface area contributed by atoms with E-state index in [4.69, 9.17) is 17.0 Å². The summed E-state index contributed by atoms with van der Waals surface area (Å²) in [6.45, 7) is 9.25. The molecule has 0 saturated heterocycles. The van der Waals surface area contributed by atoms with Crippen LogP contribution in [0.4, 0.5) is 3.89 Å². The number of likely N-dealkylation sites (N-methyl/N-ethyl adjacent to an activating group) is 1. The average molecular weight is 541 g/mol. The quantitative estimate of drug-likeness (QED) is 0.224. The molecule has 1 N–H and O–H groups in total. The summed E-state index contributed by atoms with van der Waals surface area (Å²) in [4.78, 5) is 27.0. The van der Waals surface area contributed by atoms with Crippen molar-refractivity contribution in [2.75, 3.05) is 33.0 Å². The third-order valence-corrected chi connectivity index (χ3v) is 11.9. The molecule has 9 heteroatoms. The topological polar surface area (TPSA) is 90.6 Å². The molecule has 6 nitrogen and oxygen atoms in total. The Hall–Kier alpha value is -2.02. The van der Waals surface area contributed by atoms with Gasteiger partial charge in [-0.2, -0.15) is 9.15 Å². The van der Waals surface area contributed by atoms with Crippen LogP contribution in [0.1, 0.15) is 65.9 Å². The third-order valence-electron chi connectivity index (χ3n) is 7.54. The molecule has 0 fully saturated rings. The van der Waals surface area contributed by atoms with Gasteiger partial charge < -0.3 is 14.7 Å². The summed E-state index contributed by atoms with van der Waals surface area (Å²) < 4.78 is 21.5. The number of carboxylic acids is 1. The van der Waals surface area contributed by atoms with Crippen LogP contribution in [-0.4, -0.2) is 63.9 Å². The van der Waals surface area contributed by atoms with Crippen molar-refractivity contribution >= 4 is 38.8 Å². The third kappa shape index (κ3) is 6.84. The van der Waals surface area contributed by atoms with Crippen LogP contribution in [-0.2, 0) is 14.3 Å². The summed E-state index contributed by atoms with van der Waals surface area (Å²) in [6.07, 6.45) is 0.314. The molecule has 4 unspecified atom stereocenters. The number of aliphatic carboxylic acids is 1. The van der Waals surface area contributed by atoms with Gasteiger partial charge in [0.25, 0.3) is 0 Å². The lowest BCUT2D eigenvalue weighted by atomic mass is 9.59. The molecule has 202 valence electrons. The molecule has 0 bridgehead atoms. The van der Waals surface area contributed by atoms with Crippen molar-refractivity contribution in [1.29, 1.82) is 5.26 Å². The molecule has 0 amide bonds. The molecular weight excluding hydrogens is 499 g/mol. The maximum atomic E-state index is 17.4. The van der Waals surface area contributed by atoms with Crippen molar-refractivity contribution in [3.05, 3.63) is 35.9 Å². The van der Waals surface area contributed by atoms with Gasteiger partial charge in [-0.1, -0.05) is 63.3 Å². The van der Waals surface area contributed by atoms with E-state index in [-0.39, 0.29) is 35.8 Å². The number of thiocarbonyl (C=S) groups is 1. The number of nitrogens with zero attached hydrogens (tertiary/aromatic N) is 2. The molecule has 0 heterocycles. The van der Waals surface area contributed by atoms with Crippen molar-refractivity contribution in [1.82, 2.24) is 4.90 Å². The van der Waals surface area contributed by atoms with E-state index in [9.17, 15) is 20.0 Å². The predicted molar refractivity (Wildman–Crippen MR) is 149 cm³/mol. The Bertz CT molecular complexity index is 970. The lowest BCUT2D eigenvalue weighted by molar-refractivity contribution is -0.148. The zero-order valence-corrected chi connectivity index (χ0v) is 24.2. The normalized spacial score (nSPS) is 19.0. The number of carbonyl (C=O) groups excluding carboxylic acids is 1. The number of nitriles is 1. The van der Waals surface area contributed by atoms with Crippen LogP contribution in [0.25, 0.3) is 0 Å². The molecular formula is C27H41FN2O4S2. The largest absolute Gasteiger partial charge is 0.481 e. The molecule has 1 rings (SSSR count). The molecule has 0 saturated carbocycles. The highest BCUT2D eigenvalue weighted by Gasteiger charge is 2.59. The van der Waals surface area contributed by atoms with Crippen LogP contribution in [0.15, 0.2) is 30.3 Å². The van der Waals surface area contributed by atoms with Crippen LogP contribution in [0.3, 0.4) is 0 Å². The standard InChI is InChI=1S/C27H41FN2O4S2/c1-8-25(3,26(4,20-29)16-15-22(31)32)19-27(5,24(33)34-18-17-30(6)7)36(28,9-2)23(35)21-13-11-10-12-14-21/h10-14H,8-9,15-19H2,1-7H3,(H,31,32). The number of hydrogen-bond donors (Lipinski definition) is 1.